The molecule has 1 fully saturated rings. The molecule has 20 heavy (non-hydrogen) atoms. The molecule has 1 aromatic heterocycles. The molecule has 1 saturated heterocycles. The number of nitrogens with zero attached hydrogens (tertiary/aromatic N) is 2. The van der Waals surface area contributed by atoms with E-state index < -0.39 is 0 Å². The van der Waals surface area contributed by atoms with Crippen LogP contribution in [0.15, 0.2) is 42.9 Å². The van der Waals surface area contributed by atoms with Crippen molar-refractivity contribution in [1.82, 2.24) is 9.55 Å². The van der Waals surface area contributed by atoms with Gasteiger partial charge >= 0.3 is 0 Å². The Morgan fingerprint density at radius 2 is 2.15 bits per heavy atom. The Kier molecular flexibility index (Phi) is 3.85. The highest BCUT2D eigenvalue weighted by molar-refractivity contribution is 5.26. The van der Waals surface area contributed by atoms with Crippen molar-refractivity contribution < 1.29 is 4.74 Å². The van der Waals surface area contributed by atoms with E-state index >= 15 is 0 Å². The van der Waals surface area contributed by atoms with Gasteiger partial charge in [-0.15, -0.1) is 0 Å². The average Bonchev–Trinajstić information content (AvgIpc) is 3.18. The Morgan fingerprint density at radius 3 is 2.85 bits per heavy atom. The second-order valence-corrected chi connectivity index (χ2v) is 5.48. The lowest BCUT2D eigenvalue weighted by Gasteiger charge is -2.24. The van der Waals surface area contributed by atoms with Crippen LogP contribution in [0.1, 0.15) is 36.7 Å². The first-order valence-corrected chi connectivity index (χ1v) is 7.17. The molecule has 0 spiro atoms. The fourth-order valence-electron chi connectivity index (χ4n) is 2.89. The largest absolute Gasteiger partial charge is 0.381 e. The summed E-state index contributed by atoms with van der Waals surface area (Å²) >= 11 is 0. The summed E-state index contributed by atoms with van der Waals surface area (Å²) in [6, 6.07) is 10.4. The Bertz CT molecular complexity index is 546. The van der Waals surface area contributed by atoms with Gasteiger partial charge in [-0.05, 0) is 18.9 Å². The van der Waals surface area contributed by atoms with Gasteiger partial charge in [0.2, 0.25) is 0 Å². The molecule has 1 aromatic carbocycles. The summed E-state index contributed by atoms with van der Waals surface area (Å²) in [4.78, 5) is 4.30. The van der Waals surface area contributed by atoms with Crippen molar-refractivity contribution >= 4 is 0 Å². The first-order chi connectivity index (χ1) is 9.77. The Balaban J connectivity index is 1.86. The van der Waals surface area contributed by atoms with E-state index in [2.05, 4.69) is 28.6 Å². The molecule has 0 bridgehead atoms. The van der Waals surface area contributed by atoms with Crippen molar-refractivity contribution in [3.05, 3.63) is 54.1 Å². The maximum Gasteiger partial charge on any atom is 0.0951 e. The highest BCUT2D eigenvalue weighted by Gasteiger charge is 2.26. The first-order valence-electron chi connectivity index (χ1n) is 7.17. The molecule has 2 aromatic rings. The lowest BCUT2D eigenvalue weighted by molar-refractivity contribution is 0.174. The molecule has 3 atom stereocenters. The monoisotopic (exact) mass is 271 g/mol. The summed E-state index contributed by atoms with van der Waals surface area (Å²) in [5.41, 5.74) is 8.59. The molecule has 2 N–H and O–H groups in total. The standard InChI is InChI=1S/C16H21N3O/c1-12(14-7-8-20-10-14)19-11-18-9-15(19)16(17)13-5-3-2-4-6-13/h2-6,9,11-12,14,16H,7-8,10,17H2,1H3. The Morgan fingerprint density at radius 1 is 1.35 bits per heavy atom. The van der Waals surface area contributed by atoms with Gasteiger partial charge in [-0.1, -0.05) is 30.3 Å². The SMILES string of the molecule is CC(C1CCOC1)n1cncc1C(N)c1ccccc1. The van der Waals surface area contributed by atoms with Crippen molar-refractivity contribution in [3.63, 3.8) is 0 Å². The highest BCUT2D eigenvalue weighted by atomic mass is 16.5. The van der Waals surface area contributed by atoms with Crippen molar-refractivity contribution in [2.45, 2.75) is 25.4 Å². The van der Waals surface area contributed by atoms with Crippen LogP contribution in [0.5, 0.6) is 0 Å². The molecule has 0 saturated carbocycles. The number of rotatable bonds is 4. The third kappa shape index (κ3) is 2.49. The molecule has 106 valence electrons. The zero-order valence-electron chi connectivity index (χ0n) is 11.8. The minimum atomic E-state index is -0.136. The molecular formula is C16H21N3O. The van der Waals surface area contributed by atoms with Gasteiger partial charge in [0.1, 0.15) is 0 Å². The molecule has 4 nitrogen and oxygen atoms in total. The van der Waals surface area contributed by atoms with Gasteiger partial charge in [-0.3, -0.25) is 0 Å². The van der Waals surface area contributed by atoms with Crippen molar-refractivity contribution in [2.75, 3.05) is 13.2 Å². The maximum atomic E-state index is 6.41. The third-order valence-electron chi connectivity index (χ3n) is 4.26. The minimum absolute atomic E-state index is 0.136. The smallest absolute Gasteiger partial charge is 0.0951 e. The second kappa shape index (κ2) is 5.77. The van der Waals surface area contributed by atoms with Crippen LogP contribution in [0.3, 0.4) is 0 Å². The molecule has 1 aliphatic heterocycles. The Hall–Kier alpha value is -1.65. The molecule has 3 rings (SSSR count). The number of nitrogens with two attached hydrogens (primary N) is 1. The van der Waals surface area contributed by atoms with E-state index in [9.17, 15) is 0 Å². The lowest BCUT2D eigenvalue weighted by atomic mass is 9.99. The summed E-state index contributed by atoms with van der Waals surface area (Å²) < 4.78 is 7.70. The van der Waals surface area contributed by atoms with E-state index in [-0.39, 0.29) is 6.04 Å². The maximum absolute atomic E-state index is 6.41. The molecule has 0 aliphatic carbocycles. The molecule has 3 unspecified atom stereocenters. The summed E-state index contributed by atoms with van der Waals surface area (Å²) in [6.07, 6.45) is 4.88. The van der Waals surface area contributed by atoms with Crippen molar-refractivity contribution in [3.8, 4) is 0 Å². The van der Waals surface area contributed by atoms with Crippen LogP contribution in [0.25, 0.3) is 0 Å². The predicted octanol–water partition coefficient (Wildman–Crippen LogP) is 2.53. The van der Waals surface area contributed by atoms with Gasteiger partial charge in [0, 0.05) is 18.6 Å². The van der Waals surface area contributed by atoms with Gasteiger partial charge < -0.3 is 15.0 Å². The molecule has 1 aliphatic rings. The normalized spacial score (nSPS) is 21.8. The van der Waals surface area contributed by atoms with Crippen LogP contribution in [-0.2, 0) is 4.74 Å². The summed E-state index contributed by atoms with van der Waals surface area (Å²) in [7, 11) is 0. The van der Waals surface area contributed by atoms with Gasteiger partial charge in [-0.2, -0.15) is 0 Å². The topological polar surface area (TPSA) is 53.1 Å². The van der Waals surface area contributed by atoms with E-state index in [1.807, 2.05) is 30.7 Å². The Labute approximate surface area is 119 Å². The number of aromatic nitrogens is 2. The van der Waals surface area contributed by atoms with Crippen LogP contribution in [0, 0.1) is 5.92 Å². The molecular weight excluding hydrogens is 250 g/mol. The van der Waals surface area contributed by atoms with Gasteiger partial charge in [0.25, 0.3) is 0 Å². The zero-order chi connectivity index (χ0) is 13.9. The van der Waals surface area contributed by atoms with E-state index in [1.54, 1.807) is 0 Å². The van der Waals surface area contributed by atoms with E-state index in [1.165, 1.54) is 0 Å². The molecule has 0 radical (unpaired) electrons. The zero-order valence-corrected chi connectivity index (χ0v) is 11.8. The predicted molar refractivity (Wildman–Crippen MR) is 78.3 cm³/mol. The third-order valence-corrected chi connectivity index (χ3v) is 4.26. The number of benzene rings is 1. The molecule has 0 amide bonds. The van der Waals surface area contributed by atoms with Gasteiger partial charge in [-0.25, -0.2) is 4.98 Å². The van der Waals surface area contributed by atoms with Crippen LogP contribution in [0.4, 0.5) is 0 Å². The summed E-state index contributed by atoms with van der Waals surface area (Å²) in [5, 5.41) is 0. The van der Waals surface area contributed by atoms with Crippen molar-refractivity contribution in [1.29, 1.82) is 0 Å². The fourth-order valence-corrected chi connectivity index (χ4v) is 2.89. The van der Waals surface area contributed by atoms with E-state index in [4.69, 9.17) is 10.5 Å². The number of hydrogen-bond donors (Lipinski definition) is 1. The van der Waals surface area contributed by atoms with Gasteiger partial charge in [0.15, 0.2) is 0 Å². The van der Waals surface area contributed by atoms with Crippen molar-refractivity contribution in [2.24, 2.45) is 11.7 Å². The lowest BCUT2D eigenvalue weighted by Crippen LogP contribution is -2.22. The molecule has 2 heterocycles. The van der Waals surface area contributed by atoms with Crippen LogP contribution in [0.2, 0.25) is 0 Å². The van der Waals surface area contributed by atoms with Crippen LogP contribution < -0.4 is 5.73 Å². The summed E-state index contributed by atoms with van der Waals surface area (Å²) in [5.74, 6) is 0.547. The number of imidazole rings is 1. The van der Waals surface area contributed by atoms with Gasteiger partial charge in [0.05, 0.1) is 30.9 Å². The van der Waals surface area contributed by atoms with Crippen LogP contribution >= 0.6 is 0 Å². The fraction of sp³-hybridized carbons (Fsp3) is 0.438. The number of ether oxygens (including phenoxy) is 1. The average molecular weight is 271 g/mol. The summed E-state index contributed by atoms with van der Waals surface area (Å²) in [6.45, 7) is 3.92. The highest BCUT2D eigenvalue weighted by Crippen LogP contribution is 2.29. The minimum Gasteiger partial charge on any atom is -0.381 e. The van der Waals surface area contributed by atoms with E-state index in [0.717, 1.165) is 30.9 Å². The molecule has 4 heteroatoms. The van der Waals surface area contributed by atoms with E-state index in [0.29, 0.717) is 12.0 Å². The number of hydrogen-bond acceptors (Lipinski definition) is 3. The first kappa shape index (κ1) is 13.3. The quantitative estimate of drug-likeness (QED) is 0.929. The van der Waals surface area contributed by atoms with Crippen LogP contribution in [-0.4, -0.2) is 22.8 Å². The second-order valence-electron chi connectivity index (χ2n) is 5.48.